The number of nitrogens with zero attached hydrogens (tertiary/aromatic N) is 1. The van der Waals surface area contributed by atoms with E-state index in [0.717, 1.165) is 16.3 Å². The lowest BCUT2D eigenvalue weighted by Crippen LogP contribution is -2.28. The Morgan fingerprint density at radius 2 is 1.96 bits per heavy atom. The fourth-order valence-corrected chi connectivity index (χ4v) is 3.14. The van der Waals surface area contributed by atoms with E-state index >= 15 is 0 Å². The number of nitrogens with one attached hydrogen (secondary N) is 2. The highest BCUT2D eigenvalue weighted by Crippen LogP contribution is 2.20. The SMILES string of the molecule is CC(=O)Nc1nc(C(=O)NCC(O)c2ccc3ccccc3c2)cs1. The summed E-state index contributed by atoms with van der Waals surface area (Å²) in [5.41, 5.74) is 0.940. The minimum Gasteiger partial charge on any atom is -0.387 e. The number of thiazole rings is 1. The van der Waals surface area contributed by atoms with E-state index in [0.29, 0.717) is 5.13 Å². The molecule has 25 heavy (non-hydrogen) atoms. The molecule has 1 aromatic heterocycles. The number of carbonyl (C=O) groups is 2. The van der Waals surface area contributed by atoms with Crippen LogP contribution >= 0.6 is 11.3 Å². The highest BCUT2D eigenvalue weighted by atomic mass is 32.1. The molecule has 0 spiro atoms. The third-order valence-corrected chi connectivity index (χ3v) is 4.39. The van der Waals surface area contributed by atoms with Crippen molar-refractivity contribution in [3.05, 3.63) is 59.1 Å². The van der Waals surface area contributed by atoms with Crippen LogP contribution in [0.4, 0.5) is 5.13 Å². The maximum Gasteiger partial charge on any atom is 0.270 e. The fraction of sp³-hybridized carbons (Fsp3) is 0.167. The summed E-state index contributed by atoms with van der Waals surface area (Å²) in [5, 5.41) is 19.5. The Hall–Kier alpha value is -2.77. The monoisotopic (exact) mass is 355 g/mol. The van der Waals surface area contributed by atoms with Crippen LogP contribution in [-0.4, -0.2) is 28.4 Å². The van der Waals surface area contributed by atoms with Gasteiger partial charge in [0, 0.05) is 18.8 Å². The van der Waals surface area contributed by atoms with Gasteiger partial charge in [-0.25, -0.2) is 4.98 Å². The molecule has 1 heterocycles. The summed E-state index contributed by atoms with van der Waals surface area (Å²) >= 11 is 1.17. The van der Waals surface area contributed by atoms with E-state index < -0.39 is 12.0 Å². The molecule has 7 heteroatoms. The first-order valence-corrected chi connectivity index (χ1v) is 8.59. The van der Waals surface area contributed by atoms with Gasteiger partial charge in [-0.1, -0.05) is 36.4 Å². The molecule has 0 aliphatic heterocycles. The second kappa shape index (κ2) is 7.42. The average Bonchev–Trinajstić information content (AvgIpc) is 3.06. The quantitative estimate of drug-likeness (QED) is 0.656. The second-order valence-corrected chi connectivity index (χ2v) is 6.41. The van der Waals surface area contributed by atoms with Gasteiger partial charge in [-0.05, 0) is 22.4 Å². The van der Waals surface area contributed by atoms with Crippen LogP contribution in [-0.2, 0) is 4.79 Å². The highest BCUT2D eigenvalue weighted by Gasteiger charge is 2.14. The van der Waals surface area contributed by atoms with Crippen LogP contribution < -0.4 is 10.6 Å². The van der Waals surface area contributed by atoms with Crippen molar-refractivity contribution in [2.45, 2.75) is 13.0 Å². The first kappa shape index (κ1) is 17.1. The summed E-state index contributed by atoms with van der Waals surface area (Å²) in [5.74, 6) is -0.638. The van der Waals surface area contributed by atoms with E-state index in [4.69, 9.17) is 0 Å². The molecule has 0 aliphatic rings. The van der Waals surface area contributed by atoms with Crippen molar-refractivity contribution >= 4 is 39.1 Å². The molecule has 3 rings (SSSR count). The van der Waals surface area contributed by atoms with Crippen molar-refractivity contribution < 1.29 is 14.7 Å². The molecule has 6 nitrogen and oxygen atoms in total. The Bertz CT molecular complexity index is 923. The van der Waals surface area contributed by atoms with Crippen molar-refractivity contribution in [2.75, 3.05) is 11.9 Å². The molecule has 2 aromatic carbocycles. The number of aliphatic hydroxyl groups excluding tert-OH is 1. The van der Waals surface area contributed by atoms with E-state index in [1.807, 2.05) is 42.5 Å². The van der Waals surface area contributed by atoms with Crippen molar-refractivity contribution in [2.24, 2.45) is 0 Å². The van der Waals surface area contributed by atoms with Gasteiger partial charge in [-0.3, -0.25) is 9.59 Å². The number of hydrogen-bond acceptors (Lipinski definition) is 5. The standard InChI is InChI=1S/C18H17N3O3S/c1-11(22)20-18-21-15(10-25-18)17(24)19-9-16(23)14-7-6-12-4-2-3-5-13(12)8-14/h2-8,10,16,23H,9H2,1H3,(H,19,24)(H,20,21,22). The minimum atomic E-state index is -0.818. The first-order chi connectivity index (χ1) is 12.0. The normalized spacial score (nSPS) is 11.9. The van der Waals surface area contributed by atoms with E-state index in [2.05, 4.69) is 15.6 Å². The third-order valence-electron chi connectivity index (χ3n) is 3.63. The van der Waals surface area contributed by atoms with Gasteiger partial charge < -0.3 is 15.7 Å². The molecule has 0 saturated carbocycles. The third kappa shape index (κ3) is 4.20. The van der Waals surface area contributed by atoms with Gasteiger partial charge in [0.15, 0.2) is 5.13 Å². The number of benzene rings is 2. The molecule has 0 saturated heterocycles. The molecular weight excluding hydrogens is 338 g/mol. The smallest absolute Gasteiger partial charge is 0.270 e. The number of aliphatic hydroxyl groups is 1. The Kier molecular flexibility index (Phi) is 5.06. The van der Waals surface area contributed by atoms with Crippen LogP contribution in [0.5, 0.6) is 0 Å². The number of amides is 2. The lowest BCUT2D eigenvalue weighted by molar-refractivity contribution is -0.114. The van der Waals surface area contributed by atoms with Crippen LogP contribution in [0.3, 0.4) is 0 Å². The number of fused-ring (bicyclic) bond motifs is 1. The summed E-state index contributed by atoms with van der Waals surface area (Å²) in [6.07, 6.45) is -0.818. The van der Waals surface area contributed by atoms with Crippen LogP contribution in [0.2, 0.25) is 0 Å². The van der Waals surface area contributed by atoms with Gasteiger partial charge in [-0.15, -0.1) is 11.3 Å². The molecule has 128 valence electrons. The molecule has 1 atom stereocenters. The van der Waals surface area contributed by atoms with Gasteiger partial charge in [-0.2, -0.15) is 0 Å². The molecule has 0 radical (unpaired) electrons. The van der Waals surface area contributed by atoms with Crippen LogP contribution in [0.15, 0.2) is 47.8 Å². The Balaban J connectivity index is 1.62. The van der Waals surface area contributed by atoms with Crippen molar-refractivity contribution in [3.8, 4) is 0 Å². The molecular formula is C18H17N3O3S. The number of carbonyl (C=O) groups excluding carboxylic acids is 2. The van der Waals surface area contributed by atoms with Crippen molar-refractivity contribution in [1.29, 1.82) is 0 Å². The number of rotatable bonds is 5. The zero-order chi connectivity index (χ0) is 17.8. The molecule has 1 unspecified atom stereocenters. The molecule has 2 amide bonds. The predicted molar refractivity (Wildman–Crippen MR) is 97.7 cm³/mol. The van der Waals surface area contributed by atoms with Crippen LogP contribution in [0.25, 0.3) is 10.8 Å². The van der Waals surface area contributed by atoms with Gasteiger partial charge in [0.2, 0.25) is 5.91 Å². The summed E-state index contributed by atoms with van der Waals surface area (Å²) in [4.78, 5) is 27.1. The van der Waals surface area contributed by atoms with Crippen molar-refractivity contribution in [3.63, 3.8) is 0 Å². The molecule has 0 aliphatic carbocycles. The summed E-state index contributed by atoms with van der Waals surface area (Å²) < 4.78 is 0. The minimum absolute atomic E-state index is 0.0736. The van der Waals surface area contributed by atoms with E-state index in [9.17, 15) is 14.7 Å². The Morgan fingerprint density at radius 1 is 1.20 bits per heavy atom. The first-order valence-electron chi connectivity index (χ1n) is 7.71. The predicted octanol–water partition coefficient (Wildman–Crippen LogP) is 2.72. The Morgan fingerprint density at radius 3 is 2.72 bits per heavy atom. The number of aromatic nitrogens is 1. The lowest BCUT2D eigenvalue weighted by atomic mass is 10.0. The summed E-state index contributed by atoms with van der Waals surface area (Å²) in [6, 6.07) is 13.6. The fourth-order valence-electron chi connectivity index (χ4n) is 2.40. The Labute approximate surface area is 148 Å². The number of anilines is 1. The maximum absolute atomic E-state index is 12.1. The second-order valence-electron chi connectivity index (χ2n) is 5.55. The van der Waals surface area contributed by atoms with E-state index in [1.54, 1.807) is 5.38 Å². The van der Waals surface area contributed by atoms with E-state index in [1.165, 1.54) is 18.3 Å². The number of hydrogen-bond donors (Lipinski definition) is 3. The highest BCUT2D eigenvalue weighted by molar-refractivity contribution is 7.14. The molecule has 3 aromatic rings. The maximum atomic E-state index is 12.1. The average molecular weight is 355 g/mol. The summed E-state index contributed by atoms with van der Waals surface area (Å²) in [7, 11) is 0. The van der Waals surface area contributed by atoms with Crippen LogP contribution in [0.1, 0.15) is 29.1 Å². The van der Waals surface area contributed by atoms with Crippen molar-refractivity contribution in [1.82, 2.24) is 10.3 Å². The molecule has 0 fully saturated rings. The molecule has 0 bridgehead atoms. The largest absolute Gasteiger partial charge is 0.387 e. The molecule has 3 N–H and O–H groups in total. The topological polar surface area (TPSA) is 91.3 Å². The lowest BCUT2D eigenvalue weighted by Gasteiger charge is -2.12. The van der Waals surface area contributed by atoms with Gasteiger partial charge in [0.05, 0.1) is 6.10 Å². The van der Waals surface area contributed by atoms with Crippen LogP contribution in [0, 0.1) is 0 Å². The van der Waals surface area contributed by atoms with Gasteiger partial charge >= 0.3 is 0 Å². The van der Waals surface area contributed by atoms with Gasteiger partial charge in [0.1, 0.15) is 5.69 Å². The zero-order valence-electron chi connectivity index (χ0n) is 13.5. The van der Waals surface area contributed by atoms with Gasteiger partial charge in [0.25, 0.3) is 5.91 Å². The summed E-state index contributed by atoms with van der Waals surface area (Å²) in [6.45, 7) is 1.45. The zero-order valence-corrected chi connectivity index (χ0v) is 14.3. The van der Waals surface area contributed by atoms with E-state index in [-0.39, 0.29) is 18.1 Å².